The zero-order valence-electron chi connectivity index (χ0n) is 12.8. The fraction of sp³-hybridized carbons (Fsp3) is 0.556. The maximum Gasteiger partial charge on any atom is 0.0215 e. The fourth-order valence-electron chi connectivity index (χ4n) is 3.09. The van der Waals surface area contributed by atoms with Crippen LogP contribution in [-0.4, -0.2) is 5.33 Å². The third-order valence-electron chi connectivity index (χ3n) is 4.63. The molecule has 1 aromatic carbocycles. The number of alkyl halides is 1. The number of rotatable bonds is 2. The Labute approximate surface area is 126 Å². The minimum absolute atomic E-state index is 0.301. The normalized spacial score (nSPS) is 20.5. The molecule has 0 radical (unpaired) electrons. The lowest BCUT2D eigenvalue weighted by molar-refractivity contribution is 0.331. The van der Waals surface area contributed by atoms with E-state index in [4.69, 9.17) is 0 Å². The second kappa shape index (κ2) is 5.09. The summed E-state index contributed by atoms with van der Waals surface area (Å²) in [7, 11) is 0. The summed E-state index contributed by atoms with van der Waals surface area (Å²) in [6.45, 7) is 11.8. The van der Waals surface area contributed by atoms with Gasteiger partial charge in [-0.15, -0.1) is 0 Å². The predicted octanol–water partition coefficient (Wildman–Crippen LogP) is 5.75. The third-order valence-corrected chi connectivity index (χ3v) is 5.00. The van der Waals surface area contributed by atoms with Crippen LogP contribution in [0.5, 0.6) is 0 Å². The van der Waals surface area contributed by atoms with Gasteiger partial charge in [0, 0.05) is 5.33 Å². The quantitative estimate of drug-likeness (QED) is 0.608. The molecule has 0 nitrogen and oxygen atoms in total. The monoisotopic (exact) mass is 320 g/mol. The number of fused-ring (bicyclic) bond motifs is 1. The number of hydrogen-bond acceptors (Lipinski definition) is 0. The average Bonchev–Trinajstić information content (AvgIpc) is 2.33. The van der Waals surface area contributed by atoms with Crippen molar-refractivity contribution in [1.29, 1.82) is 0 Å². The molecule has 2 rings (SSSR count). The van der Waals surface area contributed by atoms with Crippen molar-refractivity contribution in [3.8, 4) is 0 Å². The van der Waals surface area contributed by atoms with E-state index < -0.39 is 0 Å². The zero-order valence-corrected chi connectivity index (χ0v) is 14.4. The second-order valence-corrected chi connectivity index (χ2v) is 7.73. The van der Waals surface area contributed by atoms with Crippen LogP contribution in [-0.2, 0) is 10.8 Å². The van der Waals surface area contributed by atoms with Gasteiger partial charge in [-0.2, -0.15) is 0 Å². The van der Waals surface area contributed by atoms with Gasteiger partial charge in [0.05, 0.1) is 0 Å². The molecule has 1 aliphatic carbocycles. The highest BCUT2D eigenvalue weighted by molar-refractivity contribution is 9.09. The Hall–Kier alpha value is -0.560. The molecule has 0 bridgehead atoms. The average molecular weight is 321 g/mol. The van der Waals surface area contributed by atoms with Gasteiger partial charge in [0.2, 0.25) is 0 Å². The molecule has 0 amide bonds. The first-order chi connectivity index (χ1) is 8.78. The summed E-state index contributed by atoms with van der Waals surface area (Å²) in [5.41, 5.74) is 6.47. The van der Waals surface area contributed by atoms with Crippen LogP contribution in [0.1, 0.15) is 62.8 Å². The van der Waals surface area contributed by atoms with Gasteiger partial charge in [0.25, 0.3) is 0 Å². The summed E-state index contributed by atoms with van der Waals surface area (Å²) in [5.74, 6) is 0. The molecule has 0 fully saturated rings. The summed E-state index contributed by atoms with van der Waals surface area (Å²) < 4.78 is 0. The van der Waals surface area contributed by atoms with Crippen LogP contribution < -0.4 is 0 Å². The molecule has 0 atom stereocenters. The minimum Gasteiger partial charge on any atom is -0.0883 e. The van der Waals surface area contributed by atoms with Crippen LogP contribution in [0.4, 0.5) is 0 Å². The Kier molecular flexibility index (Phi) is 3.97. The SMILES string of the molecule is Cc1cc2c(cc1C=CCBr)C(C)(C)CCC2(C)C. The van der Waals surface area contributed by atoms with Crippen molar-refractivity contribution in [3.63, 3.8) is 0 Å². The predicted molar refractivity (Wildman–Crippen MR) is 89.3 cm³/mol. The summed E-state index contributed by atoms with van der Waals surface area (Å²) in [6, 6.07) is 4.84. The number of halogens is 1. The van der Waals surface area contributed by atoms with Gasteiger partial charge in [-0.25, -0.2) is 0 Å². The lowest BCUT2D eigenvalue weighted by Gasteiger charge is -2.42. The van der Waals surface area contributed by atoms with Crippen molar-refractivity contribution in [1.82, 2.24) is 0 Å². The molecule has 0 aromatic heterocycles. The fourth-order valence-corrected chi connectivity index (χ4v) is 3.28. The first kappa shape index (κ1) is 14.8. The van der Waals surface area contributed by atoms with E-state index in [1.54, 1.807) is 11.1 Å². The van der Waals surface area contributed by atoms with Crippen LogP contribution in [0.3, 0.4) is 0 Å². The van der Waals surface area contributed by atoms with Crippen molar-refractivity contribution in [2.75, 3.05) is 5.33 Å². The van der Waals surface area contributed by atoms with Crippen LogP contribution in [0.2, 0.25) is 0 Å². The Morgan fingerprint density at radius 1 is 1.05 bits per heavy atom. The first-order valence-electron chi connectivity index (χ1n) is 7.16. The molecule has 1 heteroatoms. The molecule has 1 aromatic rings. The van der Waals surface area contributed by atoms with Gasteiger partial charge < -0.3 is 0 Å². The molecule has 1 aliphatic rings. The lowest BCUT2D eigenvalue weighted by atomic mass is 9.62. The van der Waals surface area contributed by atoms with Gasteiger partial charge in [0.15, 0.2) is 0 Å². The van der Waals surface area contributed by atoms with Crippen molar-refractivity contribution in [2.45, 2.75) is 58.3 Å². The van der Waals surface area contributed by atoms with Crippen LogP contribution in [0.25, 0.3) is 6.08 Å². The molecule has 0 saturated heterocycles. The van der Waals surface area contributed by atoms with Crippen LogP contribution in [0.15, 0.2) is 18.2 Å². The van der Waals surface area contributed by atoms with Gasteiger partial charge >= 0.3 is 0 Å². The van der Waals surface area contributed by atoms with E-state index in [1.165, 1.54) is 24.0 Å². The van der Waals surface area contributed by atoms with Gasteiger partial charge in [-0.05, 0) is 52.8 Å². The van der Waals surface area contributed by atoms with Crippen molar-refractivity contribution in [3.05, 3.63) is 40.5 Å². The van der Waals surface area contributed by atoms with E-state index in [9.17, 15) is 0 Å². The van der Waals surface area contributed by atoms with E-state index in [0.717, 1.165) is 5.33 Å². The Balaban J connectivity index is 2.61. The maximum absolute atomic E-state index is 3.46. The number of hydrogen-bond donors (Lipinski definition) is 0. The lowest BCUT2D eigenvalue weighted by Crippen LogP contribution is -2.34. The molecule has 19 heavy (non-hydrogen) atoms. The Morgan fingerprint density at radius 2 is 1.58 bits per heavy atom. The molecule has 0 aliphatic heterocycles. The molecule has 104 valence electrons. The summed E-state index contributed by atoms with van der Waals surface area (Å²) in [6.07, 6.45) is 6.97. The molecule has 0 saturated carbocycles. The van der Waals surface area contributed by atoms with E-state index in [-0.39, 0.29) is 0 Å². The molecule has 0 heterocycles. The smallest absolute Gasteiger partial charge is 0.0215 e. The topological polar surface area (TPSA) is 0 Å². The van der Waals surface area contributed by atoms with Crippen LogP contribution in [0, 0.1) is 6.92 Å². The molecule has 0 spiro atoms. The Morgan fingerprint density at radius 3 is 2.11 bits per heavy atom. The highest BCUT2D eigenvalue weighted by Gasteiger charge is 2.37. The van der Waals surface area contributed by atoms with Gasteiger partial charge in [-0.1, -0.05) is 67.9 Å². The molecule has 0 unspecified atom stereocenters. The summed E-state index contributed by atoms with van der Waals surface area (Å²) in [4.78, 5) is 0. The molecular formula is C18H25Br. The summed E-state index contributed by atoms with van der Waals surface area (Å²) >= 11 is 3.46. The maximum atomic E-state index is 3.46. The second-order valence-electron chi connectivity index (χ2n) is 7.08. The largest absolute Gasteiger partial charge is 0.0883 e. The molecule has 0 N–H and O–H groups in total. The standard InChI is InChI=1S/C18H25Br/c1-13-11-15-16(12-14(13)7-6-10-19)18(4,5)9-8-17(15,2)3/h6-7,11-12H,8-10H2,1-5H3. The van der Waals surface area contributed by atoms with E-state index in [0.29, 0.717) is 10.8 Å². The van der Waals surface area contributed by atoms with E-state index in [1.807, 2.05) is 0 Å². The van der Waals surface area contributed by atoms with E-state index >= 15 is 0 Å². The van der Waals surface area contributed by atoms with Crippen molar-refractivity contribution in [2.24, 2.45) is 0 Å². The highest BCUT2D eigenvalue weighted by atomic mass is 79.9. The summed E-state index contributed by atoms with van der Waals surface area (Å²) in [5, 5.41) is 0.915. The highest BCUT2D eigenvalue weighted by Crippen LogP contribution is 2.46. The molecular weight excluding hydrogens is 296 g/mol. The Bertz CT molecular complexity index is 507. The van der Waals surface area contributed by atoms with Crippen LogP contribution >= 0.6 is 15.9 Å². The zero-order chi connectivity index (χ0) is 14.3. The van der Waals surface area contributed by atoms with E-state index in [2.05, 4.69) is 74.8 Å². The minimum atomic E-state index is 0.301. The van der Waals surface area contributed by atoms with Crippen molar-refractivity contribution >= 4 is 22.0 Å². The number of benzene rings is 1. The number of allylic oxidation sites excluding steroid dienone is 1. The van der Waals surface area contributed by atoms with Crippen molar-refractivity contribution < 1.29 is 0 Å². The number of aryl methyl sites for hydroxylation is 1. The third kappa shape index (κ3) is 2.81. The first-order valence-corrected chi connectivity index (χ1v) is 8.28. The van der Waals surface area contributed by atoms with Gasteiger partial charge in [-0.3, -0.25) is 0 Å². The van der Waals surface area contributed by atoms with Gasteiger partial charge in [0.1, 0.15) is 0 Å².